The molecule has 1 heterocycles. The minimum absolute atomic E-state index is 0.170. The lowest BCUT2D eigenvalue weighted by Crippen LogP contribution is -2.30. The quantitative estimate of drug-likeness (QED) is 0.531. The first-order chi connectivity index (χ1) is 15.6. The molecule has 1 unspecified atom stereocenters. The van der Waals surface area contributed by atoms with Gasteiger partial charge in [0.05, 0.1) is 37.8 Å². The van der Waals surface area contributed by atoms with Crippen LogP contribution in [0.15, 0.2) is 47.4 Å². The number of ether oxygens (including phenoxy) is 3. The number of aliphatic hydroxyl groups is 1. The van der Waals surface area contributed by atoms with Gasteiger partial charge in [0.25, 0.3) is 0 Å². The van der Waals surface area contributed by atoms with E-state index in [0.29, 0.717) is 17.0 Å². The summed E-state index contributed by atoms with van der Waals surface area (Å²) in [6.07, 6.45) is 1.29. The Morgan fingerprint density at radius 1 is 1.06 bits per heavy atom. The van der Waals surface area contributed by atoms with Gasteiger partial charge in [-0.3, -0.25) is 4.79 Å². The molecule has 33 heavy (non-hydrogen) atoms. The molecule has 0 aliphatic rings. The summed E-state index contributed by atoms with van der Waals surface area (Å²) in [4.78, 5) is 24.8. The molecule has 0 saturated carbocycles. The molecular formula is C25H29NO7. The van der Waals surface area contributed by atoms with Crippen molar-refractivity contribution < 1.29 is 29.2 Å². The van der Waals surface area contributed by atoms with E-state index >= 15 is 0 Å². The van der Waals surface area contributed by atoms with Crippen molar-refractivity contribution in [2.24, 2.45) is 5.41 Å². The summed E-state index contributed by atoms with van der Waals surface area (Å²) in [5.74, 6) is 0.0833. The molecule has 3 aromatic rings. The van der Waals surface area contributed by atoms with Crippen LogP contribution >= 0.6 is 0 Å². The number of aromatic nitrogens is 1. The lowest BCUT2D eigenvalue weighted by atomic mass is 9.86. The minimum Gasteiger partial charge on any atom is -0.497 e. The van der Waals surface area contributed by atoms with Gasteiger partial charge in [-0.25, -0.2) is 4.79 Å². The highest BCUT2D eigenvalue weighted by Crippen LogP contribution is 2.37. The maximum absolute atomic E-state index is 13.0. The Morgan fingerprint density at radius 2 is 1.73 bits per heavy atom. The lowest BCUT2D eigenvalue weighted by molar-refractivity contribution is 0.0692. The van der Waals surface area contributed by atoms with Gasteiger partial charge in [0.15, 0.2) is 11.5 Å². The summed E-state index contributed by atoms with van der Waals surface area (Å²) in [5, 5.41) is 19.9. The Labute approximate surface area is 192 Å². The zero-order valence-corrected chi connectivity index (χ0v) is 19.4. The predicted molar refractivity (Wildman–Crippen MR) is 125 cm³/mol. The van der Waals surface area contributed by atoms with Crippen molar-refractivity contribution in [3.63, 3.8) is 0 Å². The van der Waals surface area contributed by atoms with Gasteiger partial charge >= 0.3 is 5.97 Å². The van der Waals surface area contributed by atoms with Crippen LogP contribution in [0.1, 0.15) is 42.7 Å². The molecule has 2 aromatic carbocycles. The molecule has 0 fully saturated rings. The van der Waals surface area contributed by atoms with Gasteiger partial charge in [0, 0.05) is 12.3 Å². The van der Waals surface area contributed by atoms with Crippen molar-refractivity contribution in [3.8, 4) is 17.2 Å². The van der Waals surface area contributed by atoms with Crippen molar-refractivity contribution in [2.75, 3.05) is 20.8 Å². The number of methoxy groups -OCH3 is 2. The molecule has 1 aromatic heterocycles. The normalized spacial score (nSPS) is 12.4. The first kappa shape index (κ1) is 24.1. The second kappa shape index (κ2) is 9.54. The van der Waals surface area contributed by atoms with Crippen LogP contribution < -0.4 is 19.6 Å². The monoisotopic (exact) mass is 455 g/mol. The fourth-order valence-corrected chi connectivity index (χ4v) is 3.70. The highest BCUT2D eigenvalue weighted by Gasteiger charge is 2.29. The maximum Gasteiger partial charge on any atom is 0.341 e. The summed E-state index contributed by atoms with van der Waals surface area (Å²) in [6, 6.07) is 10.0. The summed E-state index contributed by atoms with van der Waals surface area (Å²) >= 11 is 0. The van der Waals surface area contributed by atoms with Crippen molar-refractivity contribution in [1.29, 1.82) is 0 Å². The van der Waals surface area contributed by atoms with E-state index in [1.807, 2.05) is 45.0 Å². The van der Waals surface area contributed by atoms with Crippen LogP contribution in [0.4, 0.5) is 0 Å². The number of carbonyl (C=O) groups is 1. The SMILES string of the molecule is COc1ccc(COc2cc3c(=O)c(C(=O)O)cn(C(CO)C(C)(C)C)c3cc2OC)cc1. The van der Waals surface area contributed by atoms with Gasteiger partial charge in [-0.15, -0.1) is 0 Å². The fraction of sp³-hybridized carbons (Fsp3) is 0.360. The number of fused-ring (bicyclic) bond motifs is 1. The Morgan fingerprint density at radius 3 is 2.24 bits per heavy atom. The molecular weight excluding hydrogens is 426 g/mol. The van der Waals surface area contributed by atoms with Crippen LogP contribution in [0, 0.1) is 5.41 Å². The van der Waals surface area contributed by atoms with Crippen LogP contribution in [-0.2, 0) is 6.61 Å². The lowest BCUT2D eigenvalue weighted by Gasteiger charge is -2.33. The molecule has 8 heteroatoms. The van der Waals surface area contributed by atoms with E-state index in [0.717, 1.165) is 11.3 Å². The number of carboxylic acid groups (broad SMARTS) is 1. The number of aromatic carboxylic acids is 1. The van der Waals surface area contributed by atoms with E-state index < -0.39 is 22.9 Å². The van der Waals surface area contributed by atoms with E-state index in [9.17, 15) is 19.8 Å². The van der Waals surface area contributed by atoms with Crippen LogP contribution in [0.2, 0.25) is 0 Å². The van der Waals surface area contributed by atoms with Gasteiger partial charge in [-0.1, -0.05) is 32.9 Å². The van der Waals surface area contributed by atoms with Crippen molar-refractivity contribution >= 4 is 16.9 Å². The van der Waals surface area contributed by atoms with E-state index in [2.05, 4.69) is 0 Å². The molecule has 0 amide bonds. The number of benzene rings is 2. The molecule has 8 nitrogen and oxygen atoms in total. The fourth-order valence-electron chi connectivity index (χ4n) is 3.70. The Kier molecular flexibility index (Phi) is 6.98. The van der Waals surface area contributed by atoms with Gasteiger partial charge in [0.2, 0.25) is 5.43 Å². The summed E-state index contributed by atoms with van der Waals surface area (Å²) in [5.41, 5.74) is -0.0911. The number of hydrogen-bond donors (Lipinski definition) is 2. The van der Waals surface area contributed by atoms with Gasteiger partial charge in [0.1, 0.15) is 17.9 Å². The van der Waals surface area contributed by atoms with Crippen LogP contribution in [0.5, 0.6) is 17.2 Å². The zero-order valence-electron chi connectivity index (χ0n) is 19.4. The number of hydrogen-bond acceptors (Lipinski definition) is 6. The average Bonchev–Trinajstić information content (AvgIpc) is 2.78. The summed E-state index contributed by atoms with van der Waals surface area (Å²) < 4.78 is 18.2. The Hall–Kier alpha value is -3.52. The highest BCUT2D eigenvalue weighted by atomic mass is 16.5. The Balaban J connectivity index is 2.16. The molecule has 2 N–H and O–H groups in total. The number of pyridine rings is 1. The molecule has 1 atom stereocenters. The van der Waals surface area contributed by atoms with E-state index in [1.165, 1.54) is 19.4 Å². The maximum atomic E-state index is 13.0. The van der Waals surface area contributed by atoms with Gasteiger partial charge in [-0.05, 0) is 29.2 Å². The smallest absolute Gasteiger partial charge is 0.341 e. The van der Waals surface area contributed by atoms with Crippen molar-refractivity contribution in [1.82, 2.24) is 4.57 Å². The second-order valence-electron chi connectivity index (χ2n) is 8.81. The second-order valence-corrected chi connectivity index (χ2v) is 8.81. The third-order valence-electron chi connectivity index (χ3n) is 5.61. The standard InChI is InChI=1S/C25H29NO7/c1-25(2,3)22(13-27)26-12-18(24(29)30)23(28)17-10-21(20(32-5)11-19(17)26)33-14-15-6-8-16(31-4)9-7-15/h6-12,22,27H,13-14H2,1-5H3,(H,29,30). The van der Waals surface area contributed by atoms with Gasteiger partial charge in [-0.2, -0.15) is 0 Å². The third-order valence-corrected chi connectivity index (χ3v) is 5.61. The molecule has 176 valence electrons. The van der Waals surface area contributed by atoms with Crippen LogP contribution in [0.25, 0.3) is 10.9 Å². The topological polar surface area (TPSA) is 107 Å². The third kappa shape index (κ3) is 4.96. The number of aliphatic hydroxyl groups excluding tert-OH is 1. The average molecular weight is 456 g/mol. The van der Waals surface area contributed by atoms with Crippen LogP contribution in [-0.4, -0.2) is 41.6 Å². The zero-order chi connectivity index (χ0) is 24.3. The molecule has 0 saturated heterocycles. The van der Waals surface area contributed by atoms with Crippen molar-refractivity contribution in [3.05, 3.63) is 63.9 Å². The number of nitrogens with zero attached hydrogens (tertiary/aromatic N) is 1. The highest BCUT2D eigenvalue weighted by molar-refractivity contribution is 5.93. The first-order valence-electron chi connectivity index (χ1n) is 10.5. The van der Waals surface area contributed by atoms with E-state index in [4.69, 9.17) is 14.2 Å². The molecule has 0 spiro atoms. The predicted octanol–water partition coefficient (Wildman–Crippen LogP) is 3.88. The van der Waals surface area contributed by atoms with Gasteiger partial charge < -0.3 is 29.0 Å². The Bertz CT molecular complexity index is 1210. The molecule has 0 aliphatic carbocycles. The summed E-state index contributed by atoms with van der Waals surface area (Å²) in [7, 11) is 3.08. The van der Waals surface area contributed by atoms with E-state index in [1.54, 1.807) is 17.7 Å². The molecule has 0 aliphatic heterocycles. The molecule has 3 rings (SSSR count). The summed E-state index contributed by atoms with van der Waals surface area (Å²) in [6.45, 7) is 5.77. The van der Waals surface area contributed by atoms with Crippen LogP contribution in [0.3, 0.4) is 0 Å². The van der Waals surface area contributed by atoms with E-state index in [-0.39, 0.29) is 24.2 Å². The first-order valence-corrected chi connectivity index (χ1v) is 10.5. The van der Waals surface area contributed by atoms with Crippen molar-refractivity contribution in [2.45, 2.75) is 33.4 Å². The number of carboxylic acids is 1. The minimum atomic E-state index is -1.34. The molecule has 0 bridgehead atoms. The number of rotatable bonds is 8. The molecule has 0 radical (unpaired) electrons. The largest absolute Gasteiger partial charge is 0.497 e.